The number of rotatable bonds is 5. The minimum absolute atomic E-state index is 0.111. The van der Waals surface area contributed by atoms with Gasteiger partial charge in [-0.25, -0.2) is 4.39 Å². The van der Waals surface area contributed by atoms with Gasteiger partial charge in [0.15, 0.2) is 5.82 Å². The summed E-state index contributed by atoms with van der Waals surface area (Å²) in [7, 11) is 0. The summed E-state index contributed by atoms with van der Waals surface area (Å²) in [6, 6.07) is 6.54. The van der Waals surface area contributed by atoms with E-state index in [4.69, 9.17) is 0 Å². The molecule has 0 spiro atoms. The predicted octanol–water partition coefficient (Wildman–Crippen LogP) is 2.25. The van der Waals surface area contributed by atoms with E-state index in [9.17, 15) is 9.18 Å². The van der Waals surface area contributed by atoms with E-state index in [0.717, 1.165) is 32.1 Å². The number of benzene rings is 1. The summed E-state index contributed by atoms with van der Waals surface area (Å²) >= 11 is 0. The predicted molar refractivity (Wildman–Crippen MR) is 81.8 cm³/mol. The van der Waals surface area contributed by atoms with Gasteiger partial charge in [0.2, 0.25) is 5.91 Å². The highest BCUT2D eigenvalue weighted by molar-refractivity contribution is 5.77. The maximum absolute atomic E-state index is 13.6. The van der Waals surface area contributed by atoms with Crippen molar-refractivity contribution >= 4 is 5.91 Å². The number of carbonyl (C=O) groups is 1. The smallest absolute Gasteiger partial charge is 0.221 e. The Balaban J connectivity index is 1.66. The van der Waals surface area contributed by atoms with Crippen LogP contribution in [0.4, 0.5) is 4.39 Å². The largest absolute Gasteiger partial charge is 0.343 e. The molecule has 3 rings (SSSR count). The third-order valence-electron chi connectivity index (χ3n) is 4.44. The molecule has 1 amide bonds. The fourth-order valence-corrected chi connectivity index (χ4v) is 3.20. The lowest BCUT2D eigenvalue weighted by atomic mass is 9.81. The lowest BCUT2D eigenvalue weighted by Crippen LogP contribution is -2.48. The number of amides is 1. The molecule has 0 bridgehead atoms. The van der Waals surface area contributed by atoms with Crippen LogP contribution in [0.1, 0.15) is 49.9 Å². The number of hydrogen-bond acceptors (Lipinski definition) is 4. The highest BCUT2D eigenvalue weighted by Gasteiger charge is 2.39. The van der Waals surface area contributed by atoms with Crippen LogP contribution in [0.2, 0.25) is 0 Å². The lowest BCUT2D eigenvalue weighted by molar-refractivity contribution is -0.123. The molecule has 2 N–H and O–H groups in total. The monoisotopic (exact) mass is 317 g/mol. The van der Waals surface area contributed by atoms with Crippen LogP contribution in [0.5, 0.6) is 0 Å². The Hall–Kier alpha value is -2.31. The molecule has 122 valence electrons. The van der Waals surface area contributed by atoms with Crippen LogP contribution in [-0.2, 0) is 16.8 Å². The Bertz CT molecular complexity index is 652. The second-order valence-electron chi connectivity index (χ2n) is 6.02. The quantitative estimate of drug-likeness (QED) is 0.886. The molecule has 7 heteroatoms. The van der Waals surface area contributed by atoms with Gasteiger partial charge in [0.1, 0.15) is 11.4 Å². The molecule has 1 aliphatic carbocycles. The van der Waals surface area contributed by atoms with Crippen molar-refractivity contribution < 1.29 is 9.18 Å². The van der Waals surface area contributed by atoms with E-state index in [-0.39, 0.29) is 18.1 Å². The van der Waals surface area contributed by atoms with Gasteiger partial charge in [-0.3, -0.25) is 4.79 Å². The molecule has 0 unspecified atom stereocenters. The van der Waals surface area contributed by atoms with Crippen LogP contribution in [0.15, 0.2) is 24.3 Å². The highest BCUT2D eigenvalue weighted by Crippen LogP contribution is 2.35. The first-order valence-electron chi connectivity index (χ1n) is 7.98. The van der Waals surface area contributed by atoms with Crippen LogP contribution in [0, 0.1) is 5.82 Å². The van der Waals surface area contributed by atoms with E-state index in [1.807, 2.05) is 0 Å². The molecule has 0 radical (unpaired) electrons. The minimum Gasteiger partial charge on any atom is -0.343 e. The van der Waals surface area contributed by atoms with Crippen molar-refractivity contribution in [2.24, 2.45) is 0 Å². The van der Waals surface area contributed by atoms with Crippen LogP contribution < -0.4 is 5.32 Å². The number of aromatic amines is 1. The van der Waals surface area contributed by atoms with Gasteiger partial charge < -0.3 is 5.32 Å². The standard InChI is InChI=1S/C16H20FN5O/c17-13-7-3-2-6-12(13)8-9-14(23)18-16(10-4-1-5-11-16)15-19-21-22-20-15/h2-3,6-7H,1,4-5,8-11H2,(H,18,23)(H,19,20,21,22). The Morgan fingerprint density at radius 2 is 2.04 bits per heavy atom. The van der Waals surface area contributed by atoms with Gasteiger partial charge in [-0.15, -0.1) is 10.2 Å². The number of aromatic nitrogens is 4. The molecule has 23 heavy (non-hydrogen) atoms. The molecular weight excluding hydrogens is 297 g/mol. The van der Waals surface area contributed by atoms with Gasteiger partial charge in [-0.2, -0.15) is 5.21 Å². The molecule has 1 aromatic carbocycles. The van der Waals surface area contributed by atoms with Gasteiger partial charge >= 0.3 is 0 Å². The fourth-order valence-electron chi connectivity index (χ4n) is 3.20. The second kappa shape index (κ2) is 6.85. The van der Waals surface area contributed by atoms with Crippen LogP contribution in [0.25, 0.3) is 0 Å². The Kier molecular flexibility index (Phi) is 4.64. The maximum Gasteiger partial charge on any atom is 0.221 e. The van der Waals surface area contributed by atoms with E-state index >= 15 is 0 Å². The number of aryl methyl sites for hydroxylation is 1. The molecule has 1 aromatic heterocycles. The molecule has 1 saturated carbocycles. The summed E-state index contributed by atoms with van der Waals surface area (Å²) in [5, 5.41) is 17.3. The Labute approximate surface area is 133 Å². The van der Waals surface area contributed by atoms with E-state index in [1.165, 1.54) is 6.07 Å². The van der Waals surface area contributed by atoms with Gasteiger partial charge in [0.05, 0.1) is 0 Å². The third kappa shape index (κ3) is 3.55. The van der Waals surface area contributed by atoms with E-state index in [1.54, 1.807) is 18.2 Å². The van der Waals surface area contributed by atoms with Crippen LogP contribution in [-0.4, -0.2) is 26.5 Å². The number of hydrogen-bond donors (Lipinski definition) is 2. The van der Waals surface area contributed by atoms with Crippen molar-refractivity contribution in [2.75, 3.05) is 0 Å². The zero-order valence-corrected chi connectivity index (χ0v) is 12.9. The van der Waals surface area contributed by atoms with Gasteiger partial charge in [0, 0.05) is 6.42 Å². The van der Waals surface area contributed by atoms with Crippen molar-refractivity contribution in [1.29, 1.82) is 0 Å². The fraction of sp³-hybridized carbons (Fsp3) is 0.500. The third-order valence-corrected chi connectivity index (χ3v) is 4.44. The minimum atomic E-state index is -0.544. The second-order valence-corrected chi connectivity index (χ2v) is 6.02. The van der Waals surface area contributed by atoms with Crippen molar-refractivity contribution in [3.8, 4) is 0 Å². The first-order chi connectivity index (χ1) is 11.2. The molecular formula is C16H20FN5O. The maximum atomic E-state index is 13.6. The summed E-state index contributed by atoms with van der Waals surface area (Å²) in [5.41, 5.74) is 0.0114. The van der Waals surface area contributed by atoms with Crippen molar-refractivity contribution in [3.63, 3.8) is 0 Å². The number of halogens is 1. The van der Waals surface area contributed by atoms with Crippen molar-refractivity contribution in [3.05, 3.63) is 41.5 Å². The van der Waals surface area contributed by atoms with Crippen molar-refractivity contribution in [2.45, 2.75) is 50.5 Å². The molecule has 0 saturated heterocycles. The van der Waals surface area contributed by atoms with Gasteiger partial charge in [0.25, 0.3) is 0 Å². The summed E-state index contributed by atoms with van der Waals surface area (Å²) < 4.78 is 13.6. The molecule has 1 aliphatic rings. The summed E-state index contributed by atoms with van der Waals surface area (Å²) in [6.07, 6.45) is 5.40. The first kappa shape index (κ1) is 15.6. The summed E-state index contributed by atoms with van der Waals surface area (Å²) in [6.45, 7) is 0. The lowest BCUT2D eigenvalue weighted by Gasteiger charge is -2.35. The Morgan fingerprint density at radius 1 is 1.26 bits per heavy atom. The molecule has 2 aromatic rings. The van der Waals surface area contributed by atoms with E-state index in [0.29, 0.717) is 17.8 Å². The Morgan fingerprint density at radius 3 is 2.74 bits per heavy atom. The van der Waals surface area contributed by atoms with E-state index in [2.05, 4.69) is 25.9 Å². The zero-order valence-electron chi connectivity index (χ0n) is 12.9. The summed E-state index contributed by atoms with van der Waals surface area (Å²) in [4.78, 5) is 12.4. The number of carbonyl (C=O) groups excluding carboxylic acids is 1. The highest BCUT2D eigenvalue weighted by atomic mass is 19.1. The molecule has 0 atom stereocenters. The SMILES string of the molecule is O=C(CCc1ccccc1F)NC1(c2nn[nH]n2)CCCCC1. The number of tetrazole rings is 1. The van der Waals surface area contributed by atoms with Crippen LogP contribution in [0.3, 0.4) is 0 Å². The molecule has 1 heterocycles. The zero-order chi connectivity index (χ0) is 16.1. The van der Waals surface area contributed by atoms with Crippen LogP contribution >= 0.6 is 0 Å². The van der Waals surface area contributed by atoms with Gasteiger partial charge in [-0.05, 0) is 30.9 Å². The van der Waals surface area contributed by atoms with Gasteiger partial charge in [-0.1, -0.05) is 42.7 Å². The van der Waals surface area contributed by atoms with Crippen molar-refractivity contribution in [1.82, 2.24) is 25.9 Å². The summed E-state index contributed by atoms with van der Waals surface area (Å²) in [5.74, 6) is 0.155. The molecule has 6 nitrogen and oxygen atoms in total. The number of H-pyrrole nitrogens is 1. The van der Waals surface area contributed by atoms with E-state index < -0.39 is 5.54 Å². The average molecular weight is 317 g/mol. The average Bonchev–Trinajstić information content (AvgIpc) is 3.10. The normalized spacial score (nSPS) is 16.9. The number of nitrogens with one attached hydrogen (secondary N) is 2. The molecule has 1 fully saturated rings. The number of nitrogens with zero attached hydrogens (tertiary/aromatic N) is 3. The first-order valence-corrected chi connectivity index (χ1v) is 7.98. The topological polar surface area (TPSA) is 83.6 Å². The molecule has 0 aliphatic heterocycles.